The van der Waals surface area contributed by atoms with Gasteiger partial charge in [-0.25, -0.2) is 4.98 Å². The standard InChI is InChI=1S/C10H16N2O2S2/c1-7(2)12-8(9(13)14-3)6-16-10-11-4-5-15-10/h4-5,7-8,12H,6H2,1-3H3. The molecule has 1 aromatic heterocycles. The highest BCUT2D eigenvalue weighted by molar-refractivity contribution is 8.01. The van der Waals surface area contributed by atoms with E-state index in [0.717, 1.165) is 4.34 Å². The number of thiazole rings is 1. The van der Waals surface area contributed by atoms with Gasteiger partial charge in [-0.15, -0.1) is 11.3 Å². The molecule has 0 aromatic carbocycles. The maximum atomic E-state index is 11.5. The molecule has 1 atom stereocenters. The largest absolute Gasteiger partial charge is 0.468 e. The number of carbonyl (C=O) groups is 1. The van der Waals surface area contributed by atoms with Crippen molar-refractivity contribution < 1.29 is 9.53 Å². The highest BCUT2D eigenvalue weighted by Crippen LogP contribution is 2.21. The fourth-order valence-corrected chi connectivity index (χ4v) is 2.84. The normalized spacial score (nSPS) is 12.8. The third-order valence-electron chi connectivity index (χ3n) is 1.80. The highest BCUT2D eigenvalue weighted by atomic mass is 32.2. The third-order valence-corrected chi connectivity index (χ3v) is 3.86. The monoisotopic (exact) mass is 260 g/mol. The number of hydrogen-bond donors (Lipinski definition) is 1. The van der Waals surface area contributed by atoms with Crippen LogP contribution in [0, 0.1) is 0 Å². The van der Waals surface area contributed by atoms with Crippen LogP contribution in [0.25, 0.3) is 0 Å². The van der Waals surface area contributed by atoms with Crippen molar-refractivity contribution in [2.75, 3.05) is 12.9 Å². The van der Waals surface area contributed by atoms with Crippen LogP contribution in [0.5, 0.6) is 0 Å². The SMILES string of the molecule is COC(=O)C(CSc1nccs1)NC(C)C. The van der Waals surface area contributed by atoms with Crippen molar-refractivity contribution in [2.24, 2.45) is 0 Å². The number of methoxy groups -OCH3 is 1. The van der Waals surface area contributed by atoms with E-state index in [4.69, 9.17) is 4.74 Å². The third kappa shape index (κ3) is 4.51. The van der Waals surface area contributed by atoms with Crippen molar-refractivity contribution >= 4 is 29.1 Å². The Labute approximate surface area is 104 Å². The van der Waals surface area contributed by atoms with E-state index in [0.29, 0.717) is 5.75 Å². The Morgan fingerprint density at radius 1 is 1.69 bits per heavy atom. The molecule has 0 aliphatic carbocycles. The van der Waals surface area contributed by atoms with Gasteiger partial charge in [0.1, 0.15) is 10.4 Å². The summed E-state index contributed by atoms with van der Waals surface area (Å²) in [7, 11) is 1.41. The first-order valence-corrected chi connectivity index (χ1v) is 6.86. The van der Waals surface area contributed by atoms with Crippen molar-refractivity contribution in [2.45, 2.75) is 30.3 Å². The summed E-state index contributed by atoms with van der Waals surface area (Å²) < 4.78 is 5.72. The summed E-state index contributed by atoms with van der Waals surface area (Å²) in [6, 6.07) is -0.0279. The van der Waals surface area contributed by atoms with Crippen LogP contribution < -0.4 is 5.32 Å². The number of rotatable bonds is 6. The lowest BCUT2D eigenvalue weighted by atomic mass is 10.3. The zero-order chi connectivity index (χ0) is 12.0. The number of carbonyl (C=O) groups excluding carboxylic acids is 1. The van der Waals surface area contributed by atoms with Crippen molar-refractivity contribution in [3.63, 3.8) is 0 Å². The lowest BCUT2D eigenvalue weighted by Crippen LogP contribution is -2.43. The van der Waals surface area contributed by atoms with Gasteiger partial charge >= 0.3 is 5.97 Å². The molecular weight excluding hydrogens is 244 g/mol. The van der Waals surface area contributed by atoms with Crippen LogP contribution in [0.15, 0.2) is 15.9 Å². The minimum absolute atomic E-state index is 0.224. The first-order valence-electron chi connectivity index (χ1n) is 4.99. The minimum Gasteiger partial charge on any atom is -0.468 e. The maximum absolute atomic E-state index is 11.5. The molecule has 0 radical (unpaired) electrons. The molecule has 0 saturated heterocycles. The van der Waals surface area contributed by atoms with Gasteiger partial charge in [-0.3, -0.25) is 4.79 Å². The Morgan fingerprint density at radius 3 is 2.94 bits per heavy atom. The second-order valence-corrected chi connectivity index (χ2v) is 5.67. The summed E-state index contributed by atoms with van der Waals surface area (Å²) in [5, 5.41) is 5.10. The van der Waals surface area contributed by atoms with E-state index in [9.17, 15) is 4.79 Å². The van der Waals surface area contributed by atoms with Gasteiger partial charge in [-0.2, -0.15) is 0 Å². The number of thioether (sulfide) groups is 1. The van der Waals surface area contributed by atoms with Gasteiger partial charge in [0.2, 0.25) is 0 Å². The quantitative estimate of drug-likeness (QED) is 0.624. The molecule has 0 fully saturated rings. The van der Waals surface area contributed by atoms with Crippen LogP contribution in [0.3, 0.4) is 0 Å². The Hall–Kier alpha value is -0.590. The Bertz CT molecular complexity index is 315. The van der Waals surface area contributed by atoms with E-state index in [1.807, 2.05) is 19.2 Å². The number of aromatic nitrogens is 1. The summed E-state index contributed by atoms with van der Waals surface area (Å²) in [6.45, 7) is 4.01. The van der Waals surface area contributed by atoms with Crippen LogP contribution in [0.1, 0.15) is 13.8 Å². The van der Waals surface area contributed by atoms with Gasteiger partial charge < -0.3 is 10.1 Å². The number of esters is 1. The van der Waals surface area contributed by atoms with Gasteiger partial charge in [0.25, 0.3) is 0 Å². The van der Waals surface area contributed by atoms with Crippen molar-refractivity contribution in [3.05, 3.63) is 11.6 Å². The van der Waals surface area contributed by atoms with Gasteiger partial charge in [-0.05, 0) is 0 Å². The van der Waals surface area contributed by atoms with E-state index in [2.05, 4.69) is 10.3 Å². The van der Waals surface area contributed by atoms with Crippen LogP contribution in [-0.2, 0) is 9.53 Å². The Balaban J connectivity index is 2.46. The zero-order valence-corrected chi connectivity index (χ0v) is 11.2. The van der Waals surface area contributed by atoms with Crippen LogP contribution in [0.4, 0.5) is 0 Å². The topological polar surface area (TPSA) is 51.2 Å². The predicted octanol–water partition coefficient (Wildman–Crippen LogP) is 1.77. The van der Waals surface area contributed by atoms with Crippen molar-refractivity contribution in [1.29, 1.82) is 0 Å². The van der Waals surface area contributed by atoms with E-state index >= 15 is 0 Å². The van der Waals surface area contributed by atoms with Gasteiger partial charge in [0.15, 0.2) is 0 Å². The molecule has 0 amide bonds. The summed E-state index contributed by atoms with van der Waals surface area (Å²) >= 11 is 3.14. The number of ether oxygens (including phenoxy) is 1. The molecule has 1 N–H and O–H groups in total. The summed E-state index contributed by atoms with van der Waals surface area (Å²) in [6.07, 6.45) is 1.76. The molecule has 1 aromatic rings. The number of hydrogen-bond acceptors (Lipinski definition) is 6. The average Bonchev–Trinajstić information content (AvgIpc) is 2.75. The Morgan fingerprint density at radius 2 is 2.44 bits per heavy atom. The van der Waals surface area contributed by atoms with Crippen LogP contribution in [-0.4, -0.2) is 35.9 Å². The molecule has 6 heteroatoms. The van der Waals surface area contributed by atoms with Gasteiger partial charge in [0, 0.05) is 23.4 Å². The average molecular weight is 260 g/mol. The number of nitrogens with one attached hydrogen (secondary N) is 1. The molecule has 90 valence electrons. The smallest absolute Gasteiger partial charge is 0.323 e. The van der Waals surface area contributed by atoms with Crippen molar-refractivity contribution in [1.82, 2.24) is 10.3 Å². The lowest BCUT2D eigenvalue weighted by molar-refractivity contribution is -0.142. The molecule has 0 aliphatic heterocycles. The fourth-order valence-electron chi connectivity index (χ4n) is 1.17. The van der Waals surface area contributed by atoms with E-state index < -0.39 is 0 Å². The minimum atomic E-state index is -0.279. The van der Waals surface area contributed by atoms with Crippen molar-refractivity contribution in [3.8, 4) is 0 Å². The molecule has 1 rings (SSSR count). The second kappa shape index (κ2) is 6.88. The zero-order valence-electron chi connectivity index (χ0n) is 9.60. The summed E-state index contributed by atoms with van der Waals surface area (Å²) in [5.41, 5.74) is 0. The Kier molecular flexibility index (Phi) is 5.79. The molecule has 16 heavy (non-hydrogen) atoms. The van der Waals surface area contributed by atoms with E-state index in [-0.39, 0.29) is 18.1 Å². The molecule has 0 saturated carbocycles. The predicted molar refractivity (Wildman–Crippen MR) is 66.9 cm³/mol. The number of nitrogens with zero attached hydrogens (tertiary/aromatic N) is 1. The first-order chi connectivity index (χ1) is 7.63. The summed E-state index contributed by atoms with van der Waals surface area (Å²) in [4.78, 5) is 15.6. The van der Waals surface area contributed by atoms with E-state index in [1.54, 1.807) is 29.3 Å². The van der Waals surface area contributed by atoms with E-state index in [1.165, 1.54) is 7.11 Å². The molecular formula is C10H16N2O2S2. The van der Waals surface area contributed by atoms with Gasteiger partial charge in [0.05, 0.1) is 7.11 Å². The van der Waals surface area contributed by atoms with Crippen LogP contribution in [0.2, 0.25) is 0 Å². The molecule has 0 bridgehead atoms. The molecule has 1 unspecified atom stereocenters. The molecule has 1 heterocycles. The lowest BCUT2D eigenvalue weighted by Gasteiger charge is -2.17. The molecule has 4 nitrogen and oxygen atoms in total. The molecule has 0 aliphatic rings. The first kappa shape index (κ1) is 13.5. The maximum Gasteiger partial charge on any atom is 0.323 e. The fraction of sp³-hybridized carbons (Fsp3) is 0.600. The van der Waals surface area contributed by atoms with Gasteiger partial charge in [-0.1, -0.05) is 25.6 Å². The van der Waals surface area contributed by atoms with Crippen LogP contribution >= 0.6 is 23.1 Å². The molecule has 0 spiro atoms. The highest BCUT2D eigenvalue weighted by Gasteiger charge is 2.20. The second-order valence-electron chi connectivity index (χ2n) is 3.51. The summed E-state index contributed by atoms with van der Waals surface area (Å²) in [5.74, 6) is 0.413.